The highest BCUT2D eigenvalue weighted by Crippen LogP contribution is 2.35. The molecule has 0 amide bonds. The number of hydrogen-bond donors (Lipinski definition) is 2. The molecule has 3 N–H and O–H groups in total. The largest absolute Gasteiger partial charge is 0.329 e. The van der Waals surface area contributed by atoms with E-state index in [4.69, 9.17) is 5.73 Å². The van der Waals surface area contributed by atoms with Crippen molar-refractivity contribution in [3.8, 4) is 0 Å². The van der Waals surface area contributed by atoms with Crippen molar-refractivity contribution in [3.63, 3.8) is 0 Å². The average molecular weight is 224 g/mol. The van der Waals surface area contributed by atoms with Crippen molar-refractivity contribution in [1.82, 2.24) is 5.32 Å². The van der Waals surface area contributed by atoms with Gasteiger partial charge in [0.05, 0.1) is 0 Å². The van der Waals surface area contributed by atoms with Crippen molar-refractivity contribution >= 4 is 0 Å². The number of rotatable bonds is 5. The van der Waals surface area contributed by atoms with Crippen molar-refractivity contribution in [1.29, 1.82) is 0 Å². The highest BCUT2D eigenvalue weighted by molar-refractivity contribution is 4.96. The number of nitrogens with one attached hydrogen (secondary N) is 1. The smallest absolute Gasteiger partial charge is 0.0309 e. The molecule has 1 aliphatic carbocycles. The van der Waals surface area contributed by atoms with Crippen LogP contribution in [0.4, 0.5) is 0 Å². The number of allylic oxidation sites excluding steroid dienone is 1. The van der Waals surface area contributed by atoms with Gasteiger partial charge < -0.3 is 11.1 Å². The molecule has 94 valence electrons. The van der Waals surface area contributed by atoms with Gasteiger partial charge in [-0.25, -0.2) is 0 Å². The first-order valence-electron chi connectivity index (χ1n) is 6.68. The maximum absolute atomic E-state index is 6.00. The zero-order valence-electron chi connectivity index (χ0n) is 11.1. The SMILES string of the molecule is C/C=C/CCNC1(CN)CC(C)CC(C)C1. The summed E-state index contributed by atoms with van der Waals surface area (Å²) < 4.78 is 0. The van der Waals surface area contributed by atoms with Crippen molar-refractivity contribution in [2.75, 3.05) is 13.1 Å². The van der Waals surface area contributed by atoms with Crippen LogP contribution in [0.25, 0.3) is 0 Å². The Kier molecular flexibility index (Phi) is 5.50. The van der Waals surface area contributed by atoms with Crippen LogP contribution < -0.4 is 11.1 Å². The van der Waals surface area contributed by atoms with Gasteiger partial charge in [-0.3, -0.25) is 0 Å². The van der Waals surface area contributed by atoms with Gasteiger partial charge in [-0.2, -0.15) is 0 Å². The Morgan fingerprint density at radius 1 is 1.31 bits per heavy atom. The summed E-state index contributed by atoms with van der Waals surface area (Å²) in [5.74, 6) is 1.61. The Bertz CT molecular complexity index is 213. The quantitative estimate of drug-likeness (QED) is 0.556. The lowest BCUT2D eigenvalue weighted by atomic mass is 9.71. The lowest BCUT2D eigenvalue weighted by Gasteiger charge is -2.43. The zero-order valence-corrected chi connectivity index (χ0v) is 11.1. The molecular formula is C14H28N2. The van der Waals surface area contributed by atoms with Crippen LogP contribution in [0.1, 0.15) is 46.5 Å². The van der Waals surface area contributed by atoms with E-state index in [-0.39, 0.29) is 5.54 Å². The third-order valence-corrected chi connectivity index (χ3v) is 3.72. The van der Waals surface area contributed by atoms with Crippen molar-refractivity contribution in [2.45, 2.75) is 52.0 Å². The van der Waals surface area contributed by atoms with Crippen LogP contribution in [-0.4, -0.2) is 18.6 Å². The fourth-order valence-electron chi connectivity index (χ4n) is 3.24. The van der Waals surface area contributed by atoms with Gasteiger partial charge in [-0.1, -0.05) is 26.0 Å². The van der Waals surface area contributed by atoms with E-state index in [0.717, 1.165) is 31.3 Å². The monoisotopic (exact) mass is 224 g/mol. The highest BCUT2D eigenvalue weighted by atomic mass is 15.0. The second-order valence-corrected chi connectivity index (χ2v) is 5.62. The Balaban J connectivity index is 2.48. The van der Waals surface area contributed by atoms with Crippen LogP contribution in [-0.2, 0) is 0 Å². The molecule has 1 saturated carbocycles. The van der Waals surface area contributed by atoms with E-state index in [1.807, 2.05) is 0 Å². The summed E-state index contributed by atoms with van der Waals surface area (Å²) in [5.41, 5.74) is 6.20. The Morgan fingerprint density at radius 3 is 2.44 bits per heavy atom. The molecule has 2 nitrogen and oxygen atoms in total. The van der Waals surface area contributed by atoms with Crippen LogP contribution in [0.5, 0.6) is 0 Å². The van der Waals surface area contributed by atoms with Gasteiger partial charge in [0.15, 0.2) is 0 Å². The minimum atomic E-state index is 0.207. The summed E-state index contributed by atoms with van der Waals surface area (Å²) in [6.07, 6.45) is 9.28. The van der Waals surface area contributed by atoms with E-state index in [9.17, 15) is 0 Å². The minimum Gasteiger partial charge on any atom is -0.329 e. The average Bonchev–Trinajstić information content (AvgIpc) is 2.23. The van der Waals surface area contributed by atoms with Crippen molar-refractivity contribution < 1.29 is 0 Å². The van der Waals surface area contributed by atoms with Crippen LogP contribution in [0.2, 0.25) is 0 Å². The summed E-state index contributed by atoms with van der Waals surface area (Å²) in [4.78, 5) is 0. The van der Waals surface area contributed by atoms with Crippen molar-refractivity contribution in [2.24, 2.45) is 17.6 Å². The normalized spacial score (nSPS) is 35.8. The summed E-state index contributed by atoms with van der Waals surface area (Å²) >= 11 is 0. The Morgan fingerprint density at radius 2 is 1.94 bits per heavy atom. The van der Waals surface area contributed by atoms with E-state index in [0.29, 0.717) is 0 Å². The third-order valence-electron chi connectivity index (χ3n) is 3.72. The molecule has 0 aromatic carbocycles. The molecule has 0 saturated heterocycles. The number of hydrogen-bond acceptors (Lipinski definition) is 2. The summed E-state index contributed by atoms with van der Waals surface area (Å²) in [6.45, 7) is 8.61. The van der Waals surface area contributed by atoms with Gasteiger partial charge in [-0.05, 0) is 51.0 Å². The molecule has 0 radical (unpaired) electrons. The lowest BCUT2D eigenvalue weighted by Crippen LogP contribution is -2.55. The molecule has 2 atom stereocenters. The second kappa shape index (κ2) is 6.41. The predicted octanol–water partition coefficient (Wildman–Crippen LogP) is 2.70. The van der Waals surface area contributed by atoms with Crippen molar-refractivity contribution in [3.05, 3.63) is 12.2 Å². The molecule has 2 heteroatoms. The zero-order chi connectivity index (χ0) is 12.0. The molecule has 1 aliphatic rings. The molecule has 0 aliphatic heterocycles. The molecule has 2 unspecified atom stereocenters. The topological polar surface area (TPSA) is 38.0 Å². The maximum Gasteiger partial charge on any atom is 0.0309 e. The first-order valence-corrected chi connectivity index (χ1v) is 6.68. The first-order chi connectivity index (χ1) is 7.62. The van der Waals surface area contributed by atoms with Gasteiger partial charge in [0.2, 0.25) is 0 Å². The van der Waals surface area contributed by atoms with Gasteiger partial charge in [0, 0.05) is 12.1 Å². The van der Waals surface area contributed by atoms with E-state index in [1.165, 1.54) is 19.3 Å². The standard InChI is InChI=1S/C14H28N2/c1-4-5-6-7-16-14(11-15)9-12(2)8-13(3)10-14/h4-5,12-13,16H,6-11,15H2,1-3H3/b5-4+. The molecule has 0 heterocycles. The summed E-state index contributed by atoms with van der Waals surface area (Å²) in [6, 6.07) is 0. The van der Waals surface area contributed by atoms with E-state index < -0.39 is 0 Å². The number of nitrogens with two attached hydrogens (primary N) is 1. The lowest BCUT2D eigenvalue weighted by molar-refractivity contribution is 0.151. The van der Waals surface area contributed by atoms with E-state index in [2.05, 4.69) is 38.2 Å². The molecule has 16 heavy (non-hydrogen) atoms. The summed E-state index contributed by atoms with van der Waals surface area (Å²) in [7, 11) is 0. The fourth-order valence-corrected chi connectivity index (χ4v) is 3.24. The van der Waals surface area contributed by atoms with Gasteiger partial charge in [-0.15, -0.1) is 0 Å². The first kappa shape index (κ1) is 13.7. The molecule has 0 aromatic heterocycles. The van der Waals surface area contributed by atoms with E-state index in [1.54, 1.807) is 0 Å². The molecule has 0 spiro atoms. The Hall–Kier alpha value is -0.340. The highest BCUT2D eigenvalue weighted by Gasteiger charge is 2.35. The second-order valence-electron chi connectivity index (χ2n) is 5.62. The molecule has 0 bridgehead atoms. The van der Waals surface area contributed by atoms with Crippen LogP contribution in [0.3, 0.4) is 0 Å². The Labute approximate surface area is 101 Å². The third kappa shape index (κ3) is 3.91. The maximum atomic E-state index is 6.00. The minimum absolute atomic E-state index is 0.207. The van der Waals surface area contributed by atoms with E-state index >= 15 is 0 Å². The van der Waals surface area contributed by atoms with Gasteiger partial charge >= 0.3 is 0 Å². The fraction of sp³-hybridized carbons (Fsp3) is 0.857. The molecular weight excluding hydrogens is 196 g/mol. The molecule has 0 aromatic rings. The van der Waals surface area contributed by atoms with Crippen LogP contribution in [0.15, 0.2) is 12.2 Å². The molecule has 1 rings (SSSR count). The van der Waals surface area contributed by atoms with Crippen LogP contribution in [0, 0.1) is 11.8 Å². The predicted molar refractivity (Wildman–Crippen MR) is 71.4 cm³/mol. The summed E-state index contributed by atoms with van der Waals surface area (Å²) in [5, 5.41) is 3.70. The van der Waals surface area contributed by atoms with Gasteiger partial charge in [0.25, 0.3) is 0 Å². The van der Waals surface area contributed by atoms with Gasteiger partial charge in [0.1, 0.15) is 0 Å². The molecule has 1 fully saturated rings. The van der Waals surface area contributed by atoms with Crippen LogP contribution >= 0.6 is 0 Å².